The maximum Gasteiger partial charge on any atom is 0.233 e. The van der Waals surface area contributed by atoms with Crippen molar-refractivity contribution < 1.29 is 14.4 Å². The number of hydrogen-bond donors (Lipinski definition) is 0. The minimum Gasteiger partial charge on any atom is -0.495 e. The minimum atomic E-state index is 0.159. The number of ether oxygens (including phenoxy) is 1. The molecule has 1 aromatic heterocycles. The van der Waals surface area contributed by atoms with E-state index in [2.05, 4.69) is 9.98 Å². The van der Waals surface area contributed by atoms with Gasteiger partial charge in [-0.3, -0.25) is 19.5 Å². The van der Waals surface area contributed by atoms with E-state index in [1.807, 2.05) is 0 Å². The predicted octanol–water partition coefficient (Wildman–Crippen LogP) is 3.29. The van der Waals surface area contributed by atoms with Gasteiger partial charge in [0.15, 0.2) is 0 Å². The number of hydrogen-bond acceptors (Lipinski definition) is 5. The molecular formula is C17H16Cl2N4O3. The second kappa shape index (κ2) is 8.35. The molecule has 0 atom stereocenters. The van der Waals surface area contributed by atoms with Crippen LogP contribution in [0.3, 0.4) is 0 Å². The van der Waals surface area contributed by atoms with Gasteiger partial charge in [0.25, 0.3) is 0 Å². The van der Waals surface area contributed by atoms with Gasteiger partial charge >= 0.3 is 0 Å². The van der Waals surface area contributed by atoms with Gasteiger partial charge in [0.05, 0.1) is 23.7 Å². The Morgan fingerprint density at radius 1 is 1.23 bits per heavy atom. The average molecular weight is 395 g/mol. The van der Waals surface area contributed by atoms with Gasteiger partial charge in [-0.2, -0.15) is 0 Å². The molecule has 0 radical (unpaired) electrons. The third kappa shape index (κ3) is 3.90. The van der Waals surface area contributed by atoms with E-state index in [9.17, 15) is 4.79 Å². The van der Waals surface area contributed by atoms with Crippen molar-refractivity contribution >= 4 is 41.3 Å². The van der Waals surface area contributed by atoms with Crippen LogP contribution in [0.2, 0.25) is 10.0 Å². The number of hydroxylamine groups is 2. The van der Waals surface area contributed by atoms with E-state index in [1.54, 1.807) is 43.6 Å². The van der Waals surface area contributed by atoms with Crippen molar-refractivity contribution in [3.8, 4) is 5.75 Å². The fourth-order valence-corrected chi connectivity index (χ4v) is 2.92. The number of guanidine groups is 1. The van der Waals surface area contributed by atoms with Crippen molar-refractivity contribution in [1.29, 1.82) is 0 Å². The summed E-state index contributed by atoms with van der Waals surface area (Å²) in [6, 6.07) is 8.65. The molecule has 1 amide bonds. The first-order chi connectivity index (χ1) is 12.6. The highest BCUT2D eigenvalue weighted by Gasteiger charge is 2.28. The molecular weight excluding hydrogens is 379 g/mol. The van der Waals surface area contributed by atoms with Crippen molar-refractivity contribution in [2.75, 3.05) is 20.2 Å². The first-order valence-electron chi connectivity index (χ1n) is 7.77. The van der Waals surface area contributed by atoms with E-state index in [0.717, 1.165) is 0 Å². The van der Waals surface area contributed by atoms with E-state index in [0.29, 0.717) is 52.6 Å². The molecule has 0 spiro atoms. The van der Waals surface area contributed by atoms with Crippen LogP contribution >= 0.6 is 23.2 Å². The van der Waals surface area contributed by atoms with E-state index >= 15 is 0 Å². The second-order valence-corrected chi connectivity index (χ2v) is 6.12. The van der Waals surface area contributed by atoms with Gasteiger partial charge in [-0.1, -0.05) is 29.3 Å². The molecule has 26 heavy (non-hydrogen) atoms. The van der Waals surface area contributed by atoms with Gasteiger partial charge in [-0.15, -0.1) is 0 Å². The van der Waals surface area contributed by atoms with Crippen LogP contribution in [0.1, 0.15) is 5.69 Å². The van der Waals surface area contributed by atoms with Gasteiger partial charge in [-0.05, 0) is 24.3 Å². The lowest BCUT2D eigenvalue weighted by Crippen LogP contribution is -2.32. The van der Waals surface area contributed by atoms with Crippen LogP contribution < -0.4 is 4.74 Å². The maximum absolute atomic E-state index is 11.4. The van der Waals surface area contributed by atoms with Crippen LogP contribution in [-0.2, 0) is 16.2 Å². The molecule has 0 saturated carbocycles. The number of aliphatic imine (C=N–C) groups is 1. The first-order valence-corrected chi connectivity index (χ1v) is 8.52. The first kappa shape index (κ1) is 18.4. The van der Waals surface area contributed by atoms with Crippen LogP contribution in [-0.4, -0.2) is 47.5 Å². The summed E-state index contributed by atoms with van der Waals surface area (Å²) in [6.45, 7) is 1.05. The van der Waals surface area contributed by atoms with Crippen molar-refractivity contribution in [2.24, 2.45) is 4.99 Å². The molecule has 1 fully saturated rings. The van der Waals surface area contributed by atoms with Crippen LogP contribution in [0, 0.1) is 0 Å². The zero-order valence-corrected chi connectivity index (χ0v) is 15.4. The maximum atomic E-state index is 11.4. The van der Waals surface area contributed by atoms with Gasteiger partial charge in [0.2, 0.25) is 12.4 Å². The molecule has 0 unspecified atom stereocenters. The highest BCUT2D eigenvalue weighted by molar-refractivity contribution is 6.38. The third-order valence-electron chi connectivity index (χ3n) is 3.73. The van der Waals surface area contributed by atoms with Crippen molar-refractivity contribution in [1.82, 2.24) is 14.9 Å². The van der Waals surface area contributed by atoms with Crippen LogP contribution in [0.25, 0.3) is 0 Å². The molecule has 2 aromatic rings. The van der Waals surface area contributed by atoms with Crippen molar-refractivity contribution in [3.63, 3.8) is 0 Å². The number of halogens is 2. The number of carbonyl (C=O) groups excluding carboxylic acids is 1. The monoisotopic (exact) mass is 394 g/mol. The predicted molar refractivity (Wildman–Crippen MR) is 98.6 cm³/mol. The topological polar surface area (TPSA) is 67.3 Å². The Morgan fingerprint density at radius 2 is 2.00 bits per heavy atom. The molecule has 0 bridgehead atoms. The number of nitrogens with zero attached hydrogens (tertiary/aromatic N) is 4. The highest BCUT2D eigenvalue weighted by atomic mass is 35.5. The van der Waals surface area contributed by atoms with Crippen LogP contribution in [0.15, 0.2) is 41.5 Å². The Labute approximate surface area is 160 Å². The lowest BCUT2D eigenvalue weighted by molar-refractivity contribution is -0.116. The van der Waals surface area contributed by atoms with Gasteiger partial charge in [0, 0.05) is 12.7 Å². The Hall–Kier alpha value is -2.35. The molecule has 3 rings (SSSR count). The lowest BCUT2D eigenvalue weighted by Gasteiger charge is -2.20. The lowest BCUT2D eigenvalue weighted by atomic mass is 10.3. The van der Waals surface area contributed by atoms with Crippen molar-refractivity contribution in [3.05, 3.63) is 52.3 Å². The third-order valence-corrected chi connectivity index (χ3v) is 4.34. The van der Waals surface area contributed by atoms with E-state index in [4.69, 9.17) is 32.8 Å². The Morgan fingerprint density at radius 3 is 2.69 bits per heavy atom. The second-order valence-electron chi connectivity index (χ2n) is 5.31. The summed E-state index contributed by atoms with van der Waals surface area (Å²) in [4.78, 5) is 27.3. The van der Waals surface area contributed by atoms with Crippen LogP contribution in [0.5, 0.6) is 5.75 Å². The van der Waals surface area contributed by atoms with Gasteiger partial charge < -0.3 is 4.74 Å². The average Bonchev–Trinajstić information content (AvgIpc) is 3.05. The highest BCUT2D eigenvalue weighted by Crippen LogP contribution is 2.33. The number of pyridine rings is 1. The normalized spacial score (nSPS) is 15.6. The van der Waals surface area contributed by atoms with E-state index in [1.165, 1.54) is 9.96 Å². The molecule has 1 saturated heterocycles. The van der Waals surface area contributed by atoms with E-state index in [-0.39, 0.29) is 6.61 Å². The quantitative estimate of drug-likeness (QED) is 0.703. The van der Waals surface area contributed by atoms with Crippen LogP contribution in [0.4, 0.5) is 5.69 Å². The molecule has 9 heteroatoms. The molecule has 1 aliphatic heterocycles. The summed E-state index contributed by atoms with van der Waals surface area (Å²) >= 11 is 12.3. The Balaban J connectivity index is 1.84. The van der Waals surface area contributed by atoms with Gasteiger partial charge in [0.1, 0.15) is 23.7 Å². The summed E-state index contributed by atoms with van der Waals surface area (Å²) in [5.74, 6) is 0.927. The van der Waals surface area contributed by atoms with Crippen molar-refractivity contribution in [2.45, 2.75) is 6.61 Å². The minimum absolute atomic E-state index is 0.159. The summed E-state index contributed by atoms with van der Waals surface area (Å²) in [5, 5.41) is 2.28. The zero-order valence-electron chi connectivity index (χ0n) is 13.9. The summed E-state index contributed by atoms with van der Waals surface area (Å²) < 4.78 is 5.26. The molecule has 136 valence electrons. The number of amides is 1. The zero-order chi connectivity index (χ0) is 18.5. The molecule has 0 aliphatic carbocycles. The number of aromatic nitrogens is 1. The number of para-hydroxylation sites is 1. The molecule has 7 nitrogen and oxygen atoms in total. The molecule has 0 N–H and O–H groups in total. The summed E-state index contributed by atoms with van der Waals surface area (Å²) in [5.41, 5.74) is 1.01. The fourth-order valence-electron chi connectivity index (χ4n) is 2.44. The fraction of sp³-hybridized carbons (Fsp3) is 0.235. The number of rotatable bonds is 6. The molecule has 1 aliphatic rings. The standard InChI is InChI=1S/C17H16Cl2N4O3/c1-25-15-6-3-7-20-14(15)10-26-23-9-8-22(11-24)17(23)21-16-12(18)4-2-5-13(16)19/h2-7,11H,8-10H2,1H3. The number of carbonyl (C=O) groups is 1. The Kier molecular flexibility index (Phi) is 5.92. The summed E-state index contributed by atoms with van der Waals surface area (Å²) in [6.07, 6.45) is 2.34. The smallest absolute Gasteiger partial charge is 0.233 e. The largest absolute Gasteiger partial charge is 0.495 e. The molecule has 1 aromatic carbocycles. The SMILES string of the molecule is COc1cccnc1CON1CCN(C=O)C1=Nc1c(Cl)cccc1Cl. The molecule has 2 heterocycles. The summed E-state index contributed by atoms with van der Waals surface area (Å²) in [7, 11) is 1.57. The number of methoxy groups -OCH3 is 1. The number of benzene rings is 1. The van der Waals surface area contributed by atoms with E-state index < -0.39 is 0 Å². The Bertz CT molecular complexity index is 811. The van der Waals surface area contributed by atoms with Gasteiger partial charge in [-0.25, -0.2) is 10.1 Å².